The predicted octanol–water partition coefficient (Wildman–Crippen LogP) is 2.82. The minimum absolute atomic E-state index is 0.0338. The number of carbonyl (C=O) groups is 2. The Hall–Kier alpha value is -1.06. The third-order valence-electron chi connectivity index (χ3n) is 4.07. The van der Waals surface area contributed by atoms with Gasteiger partial charge in [-0.3, -0.25) is 9.59 Å². The summed E-state index contributed by atoms with van der Waals surface area (Å²) in [5.74, 6) is -0.203. The van der Waals surface area contributed by atoms with Gasteiger partial charge in [0, 0.05) is 18.4 Å². The molecule has 4 nitrogen and oxygen atoms in total. The number of amides is 1. The molecule has 0 aromatic carbocycles. The summed E-state index contributed by atoms with van der Waals surface area (Å²) >= 11 is 0. The minimum Gasteiger partial charge on any atom is -0.481 e. The van der Waals surface area contributed by atoms with E-state index in [-0.39, 0.29) is 23.7 Å². The fourth-order valence-corrected chi connectivity index (χ4v) is 2.99. The molecular formula is C15H27NO3. The van der Waals surface area contributed by atoms with Gasteiger partial charge in [0.1, 0.15) is 0 Å². The third kappa shape index (κ3) is 5.21. The largest absolute Gasteiger partial charge is 0.481 e. The second-order valence-corrected chi connectivity index (χ2v) is 6.57. The number of nitrogens with one attached hydrogen (secondary N) is 1. The van der Waals surface area contributed by atoms with E-state index in [1.807, 2.05) is 6.92 Å². The predicted molar refractivity (Wildman–Crippen MR) is 74.8 cm³/mol. The van der Waals surface area contributed by atoms with E-state index in [2.05, 4.69) is 19.2 Å². The average Bonchev–Trinajstić information content (AvgIpc) is 2.72. The highest BCUT2D eigenvalue weighted by molar-refractivity contribution is 5.82. The Morgan fingerprint density at radius 3 is 2.32 bits per heavy atom. The zero-order valence-electron chi connectivity index (χ0n) is 12.4. The smallest absolute Gasteiger partial charge is 0.303 e. The number of carbonyl (C=O) groups excluding carboxylic acids is 1. The molecule has 1 fully saturated rings. The molecule has 0 aromatic heterocycles. The number of hydrogen-bond acceptors (Lipinski definition) is 2. The normalized spacial score (nSPS) is 19.4. The molecular weight excluding hydrogens is 242 g/mol. The van der Waals surface area contributed by atoms with Crippen molar-refractivity contribution in [1.82, 2.24) is 5.32 Å². The molecule has 2 N–H and O–H groups in total. The summed E-state index contributed by atoms with van der Waals surface area (Å²) in [5, 5.41) is 11.9. The van der Waals surface area contributed by atoms with Gasteiger partial charge < -0.3 is 10.4 Å². The maximum absolute atomic E-state index is 12.2. The first-order valence-electron chi connectivity index (χ1n) is 7.33. The molecule has 4 heteroatoms. The van der Waals surface area contributed by atoms with Crippen LogP contribution < -0.4 is 5.32 Å². The van der Waals surface area contributed by atoms with E-state index in [9.17, 15) is 9.59 Å². The number of carboxylic acids is 1. The van der Waals surface area contributed by atoms with Crippen LogP contribution in [0, 0.1) is 17.3 Å². The highest BCUT2D eigenvalue weighted by atomic mass is 16.4. The first-order chi connectivity index (χ1) is 8.83. The molecule has 1 atom stereocenters. The monoisotopic (exact) mass is 269 g/mol. The van der Waals surface area contributed by atoms with E-state index in [1.165, 1.54) is 0 Å². The van der Waals surface area contributed by atoms with Crippen molar-refractivity contribution in [2.45, 2.75) is 59.3 Å². The van der Waals surface area contributed by atoms with Gasteiger partial charge in [-0.05, 0) is 31.1 Å². The lowest BCUT2D eigenvalue weighted by Crippen LogP contribution is -2.40. The van der Waals surface area contributed by atoms with E-state index < -0.39 is 5.97 Å². The summed E-state index contributed by atoms with van der Waals surface area (Å²) in [6, 6.07) is 0. The van der Waals surface area contributed by atoms with E-state index >= 15 is 0 Å². The van der Waals surface area contributed by atoms with Crippen LogP contribution in [0.5, 0.6) is 0 Å². The Morgan fingerprint density at radius 2 is 1.84 bits per heavy atom. The van der Waals surface area contributed by atoms with Crippen LogP contribution >= 0.6 is 0 Å². The molecule has 110 valence electrons. The van der Waals surface area contributed by atoms with Crippen LogP contribution in [-0.4, -0.2) is 23.5 Å². The van der Waals surface area contributed by atoms with Crippen LogP contribution in [0.15, 0.2) is 0 Å². The lowest BCUT2D eigenvalue weighted by atomic mass is 9.87. The third-order valence-corrected chi connectivity index (χ3v) is 4.07. The highest BCUT2D eigenvalue weighted by Gasteiger charge is 2.36. The van der Waals surface area contributed by atoms with Crippen molar-refractivity contribution in [2.75, 3.05) is 6.54 Å². The zero-order chi connectivity index (χ0) is 14.5. The quantitative estimate of drug-likeness (QED) is 0.747. The van der Waals surface area contributed by atoms with Crippen molar-refractivity contribution in [3.05, 3.63) is 0 Å². The van der Waals surface area contributed by atoms with Crippen molar-refractivity contribution >= 4 is 11.9 Å². The van der Waals surface area contributed by atoms with Gasteiger partial charge in [0.05, 0.1) is 0 Å². The summed E-state index contributed by atoms with van der Waals surface area (Å²) in [6.07, 6.45) is 5.11. The summed E-state index contributed by atoms with van der Waals surface area (Å²) < 4.78 is 0. The lowest BCUT2D eigenvalue weighted by molar-refractivity contribution is -0.138. The first kappa shape index (κ1) is 16.0. The molecule has 1 aliphatic rings. The van der Waals surface area contributed by atoms with Crippen molar-refractivity contribution in [2.24, 2.45) is 17.3 Å². The zero-order valence-corrected chi connectivity index (χ0v) is 12.4. The van der Waals surface area contributed by atoms with E-state index in [1.54, 1.807) is 0 Å². The van der Waals surface area contributed by atoms with Crippen LogP contribution in [0.1, 0.15) is 59.3 Å². The SMILES string of the molecule is CC(C)CC(CNC(=O)C1(C)CCCC1)CC(=O)O. The fraction of sp³-hybridized carbons (Fsp3) is 0.867. The molecule has 1 rings (SSSR count). The van der Waals surface area contributed by atoms with Crippen LogP contribution in [-0.2, 0) is 9.59 Å². The van der Waals surface area contributed by atoms with Crippen molar-refractivity contribution in [3.8, 4) is 0 Å². The van der Waals surface area contributed by atoms with Gasteiger partial charge in [-0.15, -0.1) is 0 Å². The summed E-state index contributed by atoms with van der Waals surface area (Å²) in [5.41, 5.74) is -0.231. The number of aliphatic carboxylic acids is 1. The molecule has 1 amide bonds. The minimum atomic E-state index is -0.785. The van der Waals surface area contributed by atoms with Gasteiger partial charge in [-0.1, -0.05) is 33.6 Å². The fourth-order valence-electron chi connectivity index (χ4n) is 2.99. The number of rotatable bonds is 7. The highest BCUT2D eigenvalue weighted by Crippen LogP contribution is 2.37. The van der Waals surface area contributed by atoms with E-state index in [0.717, 1.165) is 32.1 Å². The maximum atomic E-state index is 12.2. The molecule has 0 aliphatic heterocycles. The van der Waals surface area contributed by atoms with E-state index in [0.29, 0.717) is 12.5 Å². The van der Waals surface area contributed by atoms with Crippen molar-refractivity contribution in [1.29, 1.82) is 0 Å². The van der Waals surface area contributed by atoms with Crippen molar-refractivity contribution < 1.29 is 14.7 Å². The summed E-state index contributed by atoms with van der Waals surface area (Å²) in [4.78, 5) is 23.0. The molecule has 0 spiro atoms. The first-order valence-corrected chi connectivity index (χ1v) is 7.33. The average molecular weight is 269 g/mol. The second-order valence-electron chi connectivity index (χ2n) is 6.57. The lowest BCUT2D eigenvalue weighted by Gasteiger charge is -2.24. The Morgan fingerprint density at radius 1 is 1.26 bits per heavy atom. The molecule has 0 aromatic rings. The maximum Gasteiger partial charge on any atom is 0.303 e. The summed E-state index contributed by atoms with van der Waals surface area (Å²) in [6.45, 7) is 6.66. The van der Waals surface area contributed by atoms with Crippen LogP contribution in [0.4, 0.5) is 0 Å². The molecule has 19 heavy (non-hydrogen) atoms. The van der Waals surface area contributed by atoms with Crippen LogP contribution in [0.2, 0.25) is 0 Å². The van der Waals surface area contributed by atoms with Gasteiger partial charge in [0.2, 0.25) is 5.91 Å². The van der Waals surface area contributed by atoms with Gasteiger partial charge in [0.15, 0.2) is 0 Å². The number of hydrogen-bond donors (Lipinski definition) is 2. The van der Waals surface area contributed by atoms with Crippen LogP contribution in [0.25, 0.3) is 0 Å². The Balaban J connectivity index is 2.46. The Bertz CT molecular complexity index is 319. The second kappa shape index (κ2) is 6.92. The molecule has 1 aliphatic carbocycles. The van der Waals surface area contributed by atoms with Gasteiger partial charge in [-0.25, -0.2) is 0 Å². The van der Waals surface area contributed by atoms with Gasteiger partial charge >= 0.3 is 5.97 Å². The number of carboxylic acid groups (broad SMARTS) is 1. The summed E-state index contributed by atoms with van der Waals surface area (Å²) in [7, 11) is 0. The Labute approximate surface area is 116 Å². The topological polar surface area (TPSA) is 66.4 Å². The van der Waals surface area contributed by atoms with Gasteiger partial charge in [0.25, 0.3) is 0 Å². The van der Waals surface area contributed by atoms with E-state index in [4.69, 9.17) is 5.11 Å². The van der Waals surface area contributed by atoms with Crippen LogP contribution in [0.3, 0.4) is 0 Å². The molecule has 0 saturated heterocycles. The molecule has 1 saturated carbocycles. The molecule has 1 unspecified atom stereocenters. The molecule has 0 bridgehead atoms. The molecule has 0 heterocycles. The Kier molecular flexibility index (Phi) is 5.83. The standard InChI is InChI=1S/C15H27NO3/c1-11(2)8-12(9-13(17)18)10-16-14(19)15(3)6-4-5-7-15/h11-12H,4-10H2,1-3H3,(H,16,19)(H,17,18). The van der Waals surface area contributed by atoms with Gasteiger partial charge in [-0.2, -0.15) is 0 Å². The molecule has 0 radical (unpaired) electrons. The van der Waals surface area contributed by atoms with Crippen molar-refractivity contribution in [3.63, 3.8) is 0 Å².